The molecule has 0 radical (unpaired) electrons. The zero-order valence-corrected chi connectivity index (χ0v) is 16.2. The summed E-state index contributed by atoms with van der Waals surface area (Å²) >= 11 is 0. The van der Waals surface area contributed by atoms with E-state index in [1.54, 1.807) is 25.1 Å². The van der Waals surface area contributed by atoms with E-state index in [4.69, 9.17) is 10.6 Å². The summed E-state index contributed by atoms with van der Waals surface area (Å²) in [5.74, 6) is -2.16. The van der Waals surface area contributed by atoms with Crippen LogP contribution in [0.2, 0.25) is 0 Å². The van der Waals surface area contributed by atoms with Gasteiger partial charge in [0.05, 0.1) is 12.0 Å². The molecule has 4 N–H and O–H groups in total. The number of carbonyl (C=O) groups is 3. The number of rotatable bonds is 9. The molecular weight excluding hydrogens is 390 g/mol. The summed E-state index contributed by atoms with van der Waals surface area (Å²) in [4.78, 5) is 37.9. The van der Waals surface area contributed by atoms with Crippen molar-refractivity contribution >= 4 is 17.8 Å². The van der Waals surface area contributed by atoms with Crippen molar-refractivity contribution in [1.29, 1.82) is 0 Å². The third kappa shape index (κ3) is 6.54. The molecule has 0 heterocycles. The van der Waals surface area contributed by atoms with Gasteiger partial charge in [0.25, 0.3) is 11.8 Å². The number of carboxylic acids is 1. The number of carbonyl (C=O) groups excluding carboxylic acids is 2. The molecule has 0 aliphatic rings. The fraction of sp³-hybridized carbons (Fsp3) is 0.250. The molecule has 0 saturated carbocycles. The number of nitrogens with zero attached hydrogens (tertiary/aromatic N) is 3. The van der Waals surface area contributed by atoms with Crippen molar-refractivity contribution in [2.45, 2.75) is 25.9 Å². The first-order chi connectivity index (χ1) is 14.3. The number of hydrogen-bond donors (Lipinski definition) is 4. The Bertz CT molecular complexity index is 980. The normalized spacial score (nSPS) is 11.1. The van der Waals surface area contributed by atoms with Gasteiger partial charge in [-0.25, -0.2) is 0 Å². The van der Waals surface area contributed by atoms with Crippen LogP contribution in [0.5, 0.6) is 5.75 Å². The highest BCUT2D eigenvalue weighted by atomic mass is 16.4. The van der Waals surface area contributed by atoms with Crippen LogP contribution in [0.15, 0.2) is 47.6 Å². The maximum atomic E-state index is 12.3. The van der Waals surface area contributed by atoms with Crippen molar-refractivity contribution < 1.29 is 24.6 Å². The van der Waals surface area contributed by atoms with E-state index >= 15 is 0 Å². The summed E-state index contributed by atoms with van der Waals surface area (Å²) in [7, 11) is 0. The maximum absolute atomic E-state index is 12.3. The Hall–Kier alpha value is -4.04. The van der Waals surface area contributed by atoms with Crippen molar-refractivity contribution in [3.05, 3.63) is 75.2 Å². The highest BCUT2D eigenvalue weighted by Crippen LogP contribution is 2.18. The molecule has 0 aliphatic carbocycles. The molecule has 30 heavy (non-hydrogen) atoms. The lowest BCUT2D eigenvalue weighted by molar-refractivity contribution is -0.137. The molecule has 156 valence electrons. The van der Waals surface area contributed by atoms with E-state index in [1.807, 2.05) is 0 Å². The van der Waals surface area contributed by atoms with E-state index in [2.05, 4.69) is 20.7 Å². The van der Waals surface area contributed by atoms with E-state index in [9.17, 15) is 19.5 Å². The number of benzene rings is 2. The number of phenolic OH excluding ortho intramolecular Hbond substituents is 1. The van der Waals surface area contributed by atoms with E-state index in [-0.39, 0.29) is 36.4 Å². The lowest BCUT2D eigenvalue weighted by Crippen LogP contribution is -2.38. The van der Waals surface area contributed by atoms with E-state index in [1.165, 1.54) is 24.3 Å². The van der Waals surface area contributed by atoms with Crippen LogP contribution in [0.25, 0.3) is 10.4 Å². The highest BCUT2D eigenvalue weighted by molar-refractivity contribution is 5.97. The van der Waals surface area contributed by atoms with Crippen molar-refractivity contribution in [3.8, 4) is 5.75 Å². The van der Waals surface area contributed by atoms with Crippen molar-refractivity contribution in [2.75, 3.05) is 6.54 Å². The van der Waals surface area contributed by atoms with Crippen molar-refractivity contribution in [3.63, 3.8) is 0 Å². The van der Waals surface area contributed by atoms with Gasteiger partial charge in [-0.05, 0) is 47.8 Å². The second-order valence-electron chi connectivity index (χ2n) is 6.58. The Morgan fingerprint density at radius 1 is 1.13 bits per heavy atom. The average molecular weight is 411 g/mol. The molecule has 0 saturated heterocycles. The van der Waals surface area contributed by atoms with E-state index in [0.717, 1.165) is 11.1 Å². The molecule has 2 rings (SSSR count). The fourth-order valence-corrected chi connectivity index (χ4v) is 2.66. The van der Waals surface area contributed by atoms with Crippen LogP contribution >= 0.6 is 0 Å². The third-order valence-electron chi connectivity index (χ3n) is 4.19. The van der Waals surface area contributed by atoms with Gasteiger partial charge in [-0.2, -0.15) is 0 Å². The standard InChI is InChI=1S/C20H21N5O5/c1-12-2-7-16(17(26)8-12)20(30)22-10-13-3-5-14(6-4-13)19(29)24-15(9-18(27)28)11-23-25-21/h2-8,15,26H,9-11H2,1H3,(H,22,30)(H,24,29)(H,27,28)/t15-/m0/s1. The number of phenols is 1. The Morgan fingerprint density at radius 2 is 1.83 bits per heavy atom. The molecule has 0 bridgehead atoms. The Labute approximate surface area is 172 Å². The van der Waals surface area contributed by atoms with Gasteiger partial charge in [0.1, 0.15) is 5.75 Å². The molecule has 10 nitrogen and oxygen atoms in total. The summed E-state index contributed by atoms with van der Waals surface area (Å²) in [6.07, 6.45) is -0.374. The van der Waals surface area contributed by atoms with Crippen LogP contribution in [0, 0.1) is 6.92 Å². The van der Waals surface area contributed by atoms with Gasteiger partial charge in [0.2, 0.25) is 0 Å². The molecule has 0 fully saturated rings. The van der Waals surface area contributed by atoms with Crippen LogP contribution in [-0.2, 0) is 11.3 Å². The number of aliphatic carboxylic acids is 1. The first-order valence-electron chi connectivity index (χ1n) is 9.00. The summed E-state index contributed by atoms with van der Waals surface area (Å²) in [5.41, 5.74) is 10.4. The molecule has 0 aromatic heterocycles. The number of carboxylic acid groups (broad SMARTS) is 1. The second-order valence-corrected chi connectivity index (χ2v) is 6.58. The molecule has 2 aromatic carbocycles. The molecule has 0 spiro atoms. The van der Waals surface area contributed by atoms with E-state index in [0.29, 0.717) is 0 Å². The van der Waals surface area contributed by atoms with Gasteiger partial charge in [-0.15, -0.1) is 0 Å². The molecular formula is C20H21N5O5. The Morgan fingerprint density at radius 3 is 2.43 bits per heavy atom. The van der Waals surface area contributed by atoms with Crippen LogP contribution in [0.1, 0.15) is 38.3 Å². The Balaban J connectivity index is 1.96. The minimum Gasteiger partial charge on any atom is -0.507 e. The first kappa shape index (κ1) is 22.3. The van der Waals surface area contributed by atoms with Gasteiger partial charge in [-0.3, -0.25) is 14.4 Å². The minimum atomic E-state index is -1.13. The summed E-state index contributed by atoms with van der Waals surface area (Å²) in [5, 5.41) is 27.3. The smallest absolute Gasteiger partial charge is 0.305 e. The van der Waals surface area contributed by atoms with Crippen LogP contribution in [-0.4, -0.2) is 40.6 Å². The number of amides is 2. The topological polar surface area (TPSA) is 164 Å². The SMILES string of the molecule is Cc1ccc(C(=O)NCc2ccc(C(=O)N[C@H](CN=[N+]=[N-])CC(=O)O)cc2)c(O)c1. The van der Waals surface area contributed by atoms with Crippen LogP contribution in [0.4, 0.5) is 0 Å². The van der Waals surface area contributed by atoms with Gasteiger partial charge >= 0.3 is 5.97 Å². The zero-order chi connectivity index (χ0) is 22.1. The Kier molecular flexibility index (Phi) is 7.78. The zero-order valence-electron chi connectivity index (χ0n) is 16.2. The molecule has 0 aliphatic heterocycles. The summed E-state index contributed by atoms with van der Waals surface area (Å²) in [6, 6.07) is 10.3. The number of aryl methyl sites for hydroxylation is 1. The van der Waals surface area contributed by atoms with Crippen LogP contribution < -0.4 is 10.6 Å². The monoisotopic (exact) mass is 411 g/mol. The quantitative estimate of drug-likeness (QED) is 0.282. The molecule has 2 aromatic rings. The lowest BCUT2D eigenvalue weighted by Gasteiger charge is -2.14. The second kappa shape index (κ2) is 10.5. The summed E-state index contributed by atoms with van der Waals surface area (Å²) in [6.45, 7) is 1.82. The van der Waals surface area contributed by atoms with Gasteiger partial charge in [-0.1, -0.05) is 23.3 Å². The van der Waals surface area contributed by atoms with Crippen molar-refractivity contribution in [2.24, 2.45) is 5.11 Å². The minimum absolute atomic E-state index is 0.101. The third-order valence-corrected chi connectivity index (χ3v) is 4.19. The predicted molar refractivity (Wildman–Crippen MR) is 108 cm³/mol. The largest absolute Gasteiger partial charge is 0.507 e. The molecule has 1 atom stereocenters. The van der Waals surface area contributed by atoms with Gasteiger partial charge < -0.3 is 20.8 Å². The molecule has 2 amide bonds. The summed E-state index contributed by atoms with van der Waals surface area (Å²) < 4.78 is 0. The number of aromatic hydroxyl groups is 1. The first-order valence-corrected chi connectivity index (χ1v) is 9.00. The fourth-order valence-electron chi connectivity index (χ4n) is 2.66. The lowest BCUT2D eigenvalue weighted by atomic mass is 10.1. The number of nitrogens with one attached hydrogen (secondary N) is 2. The molecule has 10 heteroatoms. The average Bonchev–Trinajstić information content (AvgIpc) is 2.70. The number of hydrogen-bond acceptors (Lipinski definition) is 5. The number of azide groups is 1. The van der Waals surface area contributed by atoms with Gasteiger partial charge in [0, 0.05) is 29.6 Å². The predicted octanol–water partition coefficient (Wildman–Crippen LogP) is 2.51. The van der Waals surface area contributed by atoms with E-state index < -0.39 is 23.8 Å². The van der Waals surface area contributed by atoms with Crippen molar-refractivity contribution in [1.82, 2.24) is 10.6 Å². The maximum Gasteiger partial charge on any atom is 0.305 e. The molecule has 0 unspecified atom stereocenters. The van der Waals surface area contributed by atoms with Crippen LogP contribution in [0.3, 0.4) is 0 Å². The van der Waals surface area contributed by atoms with Gasteiger partial charge in [0.15, 0.2) is 0 Å². The highest BCUT2D eigenvalue weighted by Gasteiger charge is 2.16.